The van der Waals surface area contributed by atoms with Gasteiger partial charge in [0.2, 0.25) is 15.9 Å². The number of nitro groups is 1. The number of nitro benzene ring substituents is 1. The molecule has 2 aromatic rings. The number of sulfonamides is 2. The summed E-state index contributed by atoms with van der Waals surface area (Å²) in [7, 11) is -7.77. The normalized spacial score (nSPS) is 17.5. The molecule has 1 aliphatic rings. The number of carbonyl (C=O) groups is 1. The van der Waals surface area contributed by atoms with Gasteiger partial charge < -0.3 is 5.32 Å². The molecule has 0 spiro atoms. The van der Waals surface area contributed by atoms with E-state index in [-0.39, 0.29) is 34.4 Å². The number of carbonyl (C=O) groups excluding carboxylic acids is 1. The molecular weight excluding hydrogens is 468 g/mol. The van der Waals surface area contributed by atoms with Gasteiger partial charge in [0.05, 0.1) is 9.82 Å². The van der Waals surface area contributed by atoms with Crippen LogP contribution < -0.4 is 10.0 Å². The first-order valence-corrected chi connectivity index (χ1v) is 13.0. The summed E-state index contributed by atoms with van der Waals surface area (Å²) >= 11 is 1.08. The summed E-state index contributed by atoms with van der Waals surface area (Å²) in [6.07, 6.45) is 0.915. The van der Waals surface area contributed by atoms with Crippen LogP contribution in [0.3, 0.4) is 0 Å². The van der Waals surface area contributed by atoms with Crippen LogP contribution in [0.1, 0.15) is 12.8 Å². The van der Waals surface area contributed by atoms with E-state index in [4.69, 9.17) is 0 Å². The predicted octanol–water partition coefficient (Wildman–Crippen LogP) is 0.904. The second kappa shape index (κ2) is 9.40. The Hall–Kier alpha value is -2.39. The minimum atomic E-state index is -4.01. The second-order valence-electron chi connectivity index (χ2n) is 6.65. The van der Waals surface area contributed by atoms with Crippen molar-refractivity contribution < 1.29 is 26.6 Å². The summed E-state index contributed by atoms with van der Waals surface area (Å²) in [5, 5.41) is 15.0. The Kier molecular flexibility index (Phi) is 7.06. The van der Waals surface area contributed by atoms with Crippen molar-refractivity contribution in [3.05, 3.63) is 51.9 Å². The Morgan fingerprint density at radius 3 is 2.65 bits per heavy atom. The molecule has 0 bridgehead atoms. The van der Waals surface area contributed by atoms with Crippen LogP contribution in [0.2, 0.25) is 0 Å². The monoisotopic (exact) mass is 488 g/mol. The SMILES string of the molecule is O=C(NCCNS(=O)(=O)c1cccc([N+](=O)[O-])c1)C1CCCN1S(=O)(=O)c1cccs1. The van der Waals surface area contributed by atoms with E-state index in [1.807, 2.05) is 0 Å². The van der Waals surface area contributed by atoms with Gasteiger partial charge in [-0.1, -0.05) is 12.1 Å². The molecule has 2 heterocycles. The number of nitrogens with one attached hydrogen (secondary N) is 2. The summed E-state index contributed by atoms with van der Waals surface area (Å²) in [6.45, 7) is -0.00469. The Balaban J connectivity index is 1.56. The molecule has 1 atom stereocenters. The minimum absolute atomic E-state index is 0.0730. The first-order valence-electron chi connectivity index (χ1n) is 9.20. The number of benzene rings is 1. The minimum Gasteiger partial charge on any atom is -0.353 e. The molecule has 1 aromatic heterocycles. The van der Waals surface area contributed by atoms with Crippen molar-refractivity contribution in [2.24, 2.45) is 0 Å². The first-order chi connectivity index (χ1) is 14.6. The summed E-state index contributed by atoms with van der Waals surface area (Å²) in [4.78, 5) is 22.4. The van der Waals surface area contributed by atoms with Crippen LogP contribution in [0, 0.1) is 10.1 Å². The zero-order valence-electron chi connectivity index (χ0n) is 16.1. The Morgan fingerprint density at radius 1 is 1.19 bits per heavy atom. The standard InChI is InChI=1S/C17H20N4O7S3/c22-17(15-6-2-10-20(15)31(27,28)16-7-3-11-29-16)18-8-9-19-30(25,26)14-5-1-4-13(12-14)21(23)24/h1,3-5,7,11-12,15,19H,2,6,8-10H2,(H,18,22). The molecular formula is C17H20N4O7S3. The van der Waals surface area contributed by atoms with Crippen LogP contribution in [-0.4, -0.2) is 57.6 Å². The van der Waals surface area contributed by atoms with Gasteiger partial charge in [0, 0.05) is 31.8 Å². The summed E-state index contributed by atoms with van der Waals surface area (Å²) in [5.41, 5.74) is -0.357. The predicted molar refractivity (Wildman–Crippen MR) is 113 cm³/mol. The van der Waals surface area contributed by atoms with Crippen molar-refractivity contribution in [1.29, 1.82) is 0 Å². The Bertz CT molecular complexity index is 1160. The quantitative estimate of drug-likeness (QED) is 0.302. The number of rotatable bonds is 9. The van der Waals surface area contributed by atoms with E-state index in [0.29, 0.717) is 12.8 Å². The van der Waals surface area contributed by atoms with Crippen LogP contribution in [0.25, 0.3) is 0 Å². The molecule has 0 radical (unpaired) electrons. The van der Waals surface area contributed by atoms with Gasteiger partial charge in [0.25, 0.3) is 15.7 Å². The van der Waals surface area contributed by atoms with Crippen molar-refractivity contribution in [2.75, 3.05) is 19.6 Å². The lowest BCUT2D eigenvalue weighted by atomic mass is 10.2. The fourth-order valence-corrected chi connectivity index (χ4v) is 7.00. The zero-order chi connectivity index (χ0) is 22.6. The highest BCUT2D eigenvalue weighted by Crippen LogP contribution is 2.28. The van der Waals surface area contributed by atoms with Gasteiger partial charge in [-0.3, -0.25) is 14.9 Å². The van der Waals surface area contributed by atoms with Crippen molar-refractivity contribution in [1.82, 2.24) is 14.3 Å². The average molecular weight is 489 g/mol. The summed E-state index contributed by atoms with van der Waals surface area (Å²) in [6, 6.07) is 6.84. The number of nitrogens with zero attached hydrogens (tertiary/aromatic N) is 2. The third-order valence-electron chi connectivity index (χ3n) is 4.62. The molecule has 3 rings (SSSR count). The molecule has 1 aliphatic heterocycles. The van der Waals surface area contributed by atoms with Gasteiger partial charge in [0.15, 0.2) is 0 Å². The molecule has 1 aromatic carbocycles. The number of amides is 1. The molecule has 0 saturated carbocycles. The van der Waals surface area contributed by atoms with Gasteiger partial charge >= 0.3 is 0 Å². The molecule has 11 nitrogen and oxygen atoms in total. The largest absolute Gasteiger partial charge is 0.353 e. The van der Waals surface area contributed by atoms with Crippen LogP contribution in [0.4, 0.5) is 5.69 Å². The van der Waals surface area contributed by atoms with Gasteiger partial charge in [-0.05, 0) is 30.4 Å². The molecule has 168 valence electrons. The van der Waals surface area contributed by atoms with Crippen molar-refractivity contribution >= 4 is 43.0 Å². The highest BCUT2D eigenvalue weighted by Gasteiger charge is 2.39. The van der Waals surface area contributed by atoms with E-state index < -0.39 is 36.9 Å². The number of thiophene rings is 1. The van der Waals surface area contributed by atoms with E-state index in [1.165, 1.54) is 28.6 Å². The maximum Gasteiger partial charge on any atom is 0.270 e. The van der Waals surface area contributed by atoms with Gasteiger partial charge in [-0.2, -0.15) is 4.31 Å². The molecule has 1 saturated heterocycles. The second-order valence-corrected chi connectivity index (χ2v) is 11.5. The molecule has 14 heteroatoms. The fraction of sp³-hybridized carbons (Fsp3) is 0.353. The van der Waals surface area contributed by atoms with E-state index in [1.54, 1.807) is 11.4 Å². The van der Waals surface area contributed by atoms with E-state index in [9.17, 15) is 31.7 Å². The average Bonchev–Trinajstić information content (AvgIpc) is 3.44. The smallest absolute Gasteiger partial charge is 0.270 e. The highest BCUT2D eigenvalue weighted by atomic mass is 32.2. The van der Waals surface area contributed by atoms with Gasteiger partial charge in [-0.15, -0.1) is 11.3 Å². The molecule has 31 heavy (non-hydrogen) atoms. The first kappa shape index (κ1) is 23.3. The van der Waals surface area contributed by atoms with E-state index >= 15 is 0 Å². The van der Waals surface area contributed by atoms with Gasteiger partial charge in [0.1, 0.15) is 10.3 Å². The number of non-ortho nitro benzene ring substituents is 1. The van der Waals surface area contributed by atoms with Gasteiger partial charge in [-0.25, -0.2) is 21.6 Å². The zero-order valence-corrected chi connectivity index (χ0v) is 18.6. The lowest BCUT2D eigenvalue weighted by molar-refractivity contribution is -0.385. The van der Waals surface area contributed by atoms with Crippen LogP contribution in [0.5, 0.6) is 0 Å². The third-order valence-corrected chi connectivity index (χ3v) is 9.36. The fourth-order valence-electron chi connectivity index (χ4n) is 3.15. The molecule has 1 unspecified atom stereocenters. The van der Waals surface area contributed by atoms with Crippen molar-refractivity contribution in [3.63, 3.8) is 0 Å². The summed E-state index contributed by atoms with van der Waals surface area (Å²) in [5.74, 6) is -0.507. The number of hydrogen-bond donors (Lipinski definition) is 2. The van der Waals surface area contributed by atoms with E-state index in [0.717, 1.165) is 17.4 Å². The molecule has 2 N–H and O–H groups in total. The van der Waals surface area contributed by atoms with Crippen LogP contribution in [0.15, 0.2) is 50.9 Å². The third kappa shape index (κ3) is 5.27. The topological polar surface area (TPSA) is 156 Å². The van der Waals surface area contributed by atoms with Crippen LogP contribution >= 0.6 is 11.3 Å². The van der Waals surface area contributed by atoms with Crippen molar-refractivity contribution in [2.45, 2.75) is 28.0 Å². The summed E-state index contributed by atoms with van der Waals surface area (Å²) < 4.78 is 53.6. The molecule has 1 amide bonds. The van der Waals surface area contributed by atoms with Crippen LogP contribution in [-0.2, 0) is 24.8 Å². The van der Waals surface area contributed by atoms with E-state index in [2.05, 4.69) is 10.0 Å². The highest BCUT2D eigenvalue weighted by molar-refractivity contribution is 7.91. The lowest BCUT2D eigenvalue weighted by Crippen LogP contribution is -2.47. The maximum absolute atomic E-state index is 12.7. The molecule has 1 fully saturated rings. The Morgan fingerprint density at radius 2 is 1.97 bits per heavy atom. The Labute approximate surface area is 183 Å². The number of hydrogen-bond acceptors (Lipinski definition) is 8. The van der Waals surface area contributed by atoms with Crippen molar-refractivity contribution in [3.8, 4) is 0 Å². The lowest BCUT2D eigenvalue weighted by Gasteiger charge is -2.22. The molecule has 0 aliphatic carbocycles. The maximum atomic E-state index is 12.7.